The highest BCUT2D eigenvalue weighted by molar-refractivity contribution is 5.93. The van der Waals surface area contributed by atoms with Crippen LogP contribution in [-0.2, 0) is 4.79 Å². The van der Waals surface area contributed by atoms with Gasteiger partial charge in [-0.2, -0.15) is 5.10 Å². The monoisotopic (exact) mass is 323 g/mol. The van der Waals surface area contributed by atoms with Gasteiger partial charge in [0.05, 0.1) is 29.7 Å². The van der Waals surface area contributed by atoms with Gasteiger partial charge in [0.2, 0.25) is 5.91 Å². The summed E-state index contributed by atoms with van der Waals surface area (Å²) in [6, 6.07) is 0.392. The Hall–Kier alpha value is -1.44. The predicted octanol–water partition coefficient (Wildman–Crippen LogP) is 0.742. The summed E-state index contributed by atoms with van der Waals surface area (Å²) in [7, 11) is 0. The second kappa shape index (κ2) is 7.90. The molecule has 0 spiro atoms. The molecule has 2 heterocycles. The van der Waals surface area contributed by atoms with Crippen molar-refractivity contribution in [1.82, 2.24) is 20.0 Å². The zero-order chi connectivity index (χ0) is 17.0. The van der Waals surface area contributed by atoms with Crippen LogP contribution in [0.1, 0.15) is 31.7 Å². The van der Waals surface area contributed by atoms with E-state index in [0.29, 0.717) is 19.1 Å². The van der Waals surface area contributed by atoms with E-state index in [-0.39, 0.29) is 12.0 Å². The maximum atomic E-state index is 12.3. The molecule has 0 radical (unpaired) electrons. The van der Waals surface area contributed by atoms with Crippen LogP contribution in [0.15, 0.2) is 0 Å². The average Bonchev–Trinajstić information content (AvgIpc) is 2.80. The molecule has 2 rings (SSSR count). The van der Waals surface area contributed by atoms with E-state index in [2.05, 4.69) is 32.2 Å². The molecule has 0 aromatic carbocycles. The number of aromatic nitrogens is 2. The molecule has 1 aromatic rings. The number of carbonyl (C=O) groups is 1. The minimum absolute atomic E-state index is 0.00331. The Bertz CT molecular complexity index is 509. The summed E-state index contributed by atoms with van der Waals surface area (Å²) in [6.45, 7) is 11.4. The van der Waals surface area contributed by atoms with Crippen molar-refractivity contribution in [1.29, 1.82) is 0 Å². The van der Waals surface area contributed by atoms with E-state index in [4.69, 9.17) is 0 Å². The number of aromatic amines is 1. The van der Waals surface area contributed by atoms with E-state index < -0.39 is 0 Å². The molecule has 2 atom stereocenters. The lowest BCUT2D eigenvalue weighted by molar-refractivity contribution is -0.118. The Morgan fingerprint density at radius 3 is 2.78 bits per heavy atom. The number of nitrogens with zero attached hydrogens (tertiary/aromatic N) is 3. The highest BCUT2D eigenvalue weighted by Gasteiger charge is 2.27. The third-order valence-corrected chi connectivity index (χ3v) is 4.42. The summed E-state index contributed by atoms with van der Waals surface area (Å²) >= 11 is 0. The standard InChI is InChI=1S/C16H29N5O2/c1-5-14-9-20(6-7-21(14)8-11(2)22)10-15(23)17-16-12(3)18-19-13(16)4/h11,14,22H,5-10H2,1-4H3,(H,17,23)(H,18,19)/t11-,14-/m0/s1. The number of H-pyrrole nitrogens is 1. The van der Waals surface area contributed by atoms with Crippen LogP contribution in [0, 0.1) is 13.8 Å². The molecule has 7 nitrogen and oxygen atoms in total. The quantitative estimate of drug-likeness (QED) is 0.719. The highest BCUT2D eigenvalue weighted by atomic mass is 16.3. The summed E-state index contributed by atoms with van der Waals surface area (Å²) in [5.41, 5.74) is 2.47. The molecule has 23 heavy (non-hydrogen) atoms. The number of hydrogen-bond donors (Lipinski definition) is 3. The van der Waals surface area contributed by atoms with Crippen LogP contribution < -0.4 is 5.32 Å². The third kappa shape index (κ3) is 4.76. The molecule has 1 amide bonds. The van der Waals surface area contributed by atoms with Gasteiger partial charge in [0.1, 0.15) is 0 Å². The van der Waals surface area contributed by atoms with Gasteiger partial charge in [-0.05, 0) is 27.2 Å². The maximum Gasteiger partial charge on any atom is 0.238 e. The van der Waals surface area contributed by atoms with Crippen molar-refractivity contribution in [3.63, 3.8) is 0 Å². The maximum absolute atomic E-state index is 12.3. The number of amides is 1. The van der Waals surface area contributed by atoms with Crippen LogP contribution in [0.3, 0.4) is 0 Å². The van der Waals surface area contributed by atoms with E-state index in [0.717, 1.165) is 43.1 Å². The summed E-state index contributed by atoms with van der Waals surface area (Å²) < 4.78 is 0. The number of carbonyl (C=O) groups excluding carboxylic acids is 1. The van der Waals surface area contributed by atoms with Crippen molar-refractivity contribution in [2.45, 2.75) is 46.3 Å². The second-order valence-corrected chi connectivity index (χ2v) is 6.50. The van der Waals surface area contributed by atoms with Crippen molar-refractivity contribution in [3.8, 4) is 0 Å². The number of β-amino-alcohol motifs (C(OH)–C–C–N with tert-alkyl or cyclic N) is 1. The molecular weight excluding hydrogens is 294 g/mol. The second-order valence-electron chi connectivity index (χ2n) is 6.50. The minimum Gasteiger partial charge on any atom is -0.392 e. The average molecular weight is 323 g/mol. The zero-order valence-electron chi connectivity index (χ0n) is 14.6. The summed E-state index contributed by atoms with van der Waals surface area (Å²) in [5.74, 6) is -0.00331. The Labute approximate surface area is 138 Å². The van der Waals surface area contributed by atoms with Gasteiger partial charge in [-0.3, -0.25) is 19.7 Å². The number of aliphatic hydroxyl groups excluding tert-OH is 1. The van der Waals surface area contributed by atoms with Crippen LogP contribution in [0.25, 0.3) is 0 Å². The van der Waals surface area contributed by atoms with Gasteiger partial charge in [0.25, 0.3) is 0 Å². The lowest BCUT2D eigenvalue weighted by Gasteiger charge is -2.41. The number of piperazine rings is 1. The normalized spacial score (nSPS) is 21.3. The highest BCUT2D eigenvalue weighted by Crippen LogP contribution is 2.17. The Kier molecular flexibility index (Phi) is 6.15. The van der Waals surface area contributed by atoms with Crippen molar-refractivity contribution in [2.75, 3.05) is 38.0 Å². The van der Waals surface area contributed by atoms with Crippen molar-refractivity contribution >= 4 is 11.6 Å². The molecule has 0 aliphatic carbocycles. The van der Waals surface area contributed by atoms with E-state index in [1.54, 1.807) is 0 Å². The molecule has 0 unspecified atom stereocenters. The molecule has 0 bridgehead atoms. The molecule has 0 saturated carbocycles. The van der Waals surface area contributed by atoms with E-state index in [9.17, 15) is 9.90 Å². The van der Waals surface area contributed by atoms with Gasteiger partial charge < -0.3 is 10.4 Å². The molecule has 130 valence electrons. The molecule has 7 heteroatoms. The van der Waals surface area contributed by atoms with Gasteiger partial charge in [0.15, 0.2) is 0 Å². The van der Waals surface area contributed by atoms with E-state index >= 15 is 0 Å². The Balaban J connectivity index is 1.87. The summed E-state index contributed by atoms with van der Waals surface area (Å²) in [4.78, 5) is 16.8. The number of rotatable bonds is 6. The predicted molar refractivity (Wildman–Crippen MR) is 90.5 cm³/mol. The molecule has 1 aliphatic heterocycles. The zero-order valence-corrected chi connectivity index (χ0v) is 14.6. The van der Waals surface area contributed by atoms with Gasteiger partial charge in [-0.25, -0.2) is 0 Å². The van der Waals surface area contributed by atoms with Gasteiger partial charge in [-0.1, -0.05) is 6.92 Å². The number of aryl methyl sites for hydroxylation is 2. The molecule has 1 saturated heterocycles. The van der Waals surface area contributed by atoms with Gasteiger partial charge >= 0.3 is 0 Å². The van der Waals surface area contributed by atoms with Crippen molar-refractivity contribution < 1.29 is 9.90 Å². The molecule has 1 aromatic heterocycles. The first-order valence-corrected chi connectivity index (χ1v) is 8.36. The Morgan fingerprint density at radius 1 is 1.48 bits per heavy atom. The number of nitrogens with one attached hydrogen (secondary N) is 2. The van der Waals surface area contributed by atoms with E-state index in [1.807, 2.05) is 20.8 Å². The molecule has 3 N–H and O–H groups in total. The first-order chi connectivity index (χ1) is 10.9. The summed E-state index contributed by atoms with van der Waals surface area (Å²) in [5, 5.41) is 19.5. The lowest BCUT2D eigenvalue weighted by Crippen LogP contribution is -2.55. The largest absolute Gasteiger partial charge is 0.392 e. The van der Waals surface area contributed by atoms with Crippen LogP contribution in [0.2, 0.25) is 0 Å². The van der Waals surface area contributed by atoms with Crippen LogP contribution in [-0.4, -0.2) is 75.9 Å². The van der Waals surface area contributed by atoms with Gasteiger partial charge in [-0.15, -0.1) is 0 Å². The fourth-order valence-corrected chi connectivity index (χ4v) is 3.18. The van der Waals surface area contributed by atoms with Crippen LogP contribution in [0.5, 0.6) is 0 Å². The number of anilines is 1. The van der Waals surface area contributed by atoms with Crippen molar-refractivity contribution in [3.05, 3.63) is 11.4 Å². The number of aliphatic hydroxyl groups is 1. The first kappa shape index (κ1) is 17.9. The SMILES string of the molecule is CC[C@H]1CN(CC(=O)Nc2c(C)n[nH]c2C)CCN1C[C@H](C)O. The fraction of sp³-hybridized carbons (Fsp3) is 0.750. The Morgan fingerprint density at radius 2 is 2.22 bits per heavy atom. The summed E-state index contributed by atoms with van der Waals surface area (Å²) in [6.07, 6.45) is 0.705. The fourth-order valence-electron chi connectivity index (χ4n) is 3.18. The first-order valence-electron chi connectivity index (χ1n) is 8.36. The van der Waals surface area contributed by atoms with E-state index in [1.165, 1.54) is 0 Å². The van der Waals surface area contributed by atoms with Crippen LogP contribution >= 0.6 is 0 Å². The molecule has 1 fully saturated rings. The minimum atomic E-state index is -0.314. The third-order valence-electron chi connectivity index (χ3n) is 4.42. The lowest BCUT2D eigenvalue weighted by atomic mass is 10.1. The smallest absolute Gasteiger partial charge is 0.238 e. The number of hydrogen-bond acceptors (Lipinski definition) is 5. The van der Waals surface area contributed by atoms with Crippen LogP contribution in [0.4, 0.5) is 5.69 Å². The topological polar surface area (TPSA) is 84.5 Å². The van der Waals surface area contributed by atoms with Gasteiger partial charge in [0, 0.05) is 32.2 Å². The molecular formula is C16H29N5O2. The van der Waals surface area contributed by atoms with Crippen molar-refractivity contribution in [2.24, 2.45) is 0 Å². The molecule has 1 aliphatic rings.